The van der Waals surface area contributed by atoms with Crippen molar-refractivity contribution in [2.75, 3.05) is 0 Å². The van der Waals surface area contributed by atoms with Gasteiger partial charge in [0.25, 0.3) is 5.95 Å². The van der Waals surface area contributed by atoms with Gasteiger partial charge in [-0.15, -0.1) is 5.10 Å². The summed E-state index contributed by atoms with van der Waals surface area (Å²) in [5.74, 6) is -2.41. The predicted octanol–water partition coefficient (Wildman–Crippen LogP) is 4.12. The molecule has 2 heterocycles. The Morgan fingerprint density at radius 2 is 1.93 bits per heavy atom. The third kappa shape index (κ3) is 2.91. The molecule has 0 N–H and O–H groups in total. The minimum absolute atomic E-state index is 0.0519. The molecule has 0 radical (unpaired) electrons. The second-order valence-corrected chi connectivity index (χ2v) is 6.21. The first kappa shape index (κ1) is 17.8. The molecule has 2 aromatic heterocycles. The predicted molar refractivity (Wildman–Crippen MR) is 96.4 cm³/mol. The molecule has 0 unspecified atom stereocenters. The van der Waals surface area contributed by atoms with Crippen LogP contribution in [0.5, 0.6) is 0 Å². The van der Waals surface area contributed by atoms with Gasteiger partial charge in [0.1, 0.15) is 11.6 Å². The second-order valence-electron chi connectivity index (χ2n) is 6.21. The van der Waals surface area contributed by atoms with E-state index in [1.807, 2.05) is 11.5 Å². The Bertz CT molecular complexity index is 1230. The fraction of sp³-hybridized carbons (Fsp3) is 0.150. The molecule has 0 bridgehead atoms. The zero-order valence-corrected chi connectivity index (χ0v) is 14.8. The lowest BCUT2D eigenvalue weighted by molar-refractivity contribution is 0.485. The zero-order valence-electron chi connectivity index (χ0n) is 14.8. The molecule has 8 heteroatoms. The maximum absolute atomic E-state index is 14.5. The van der Waals surface area contributed by atoms with Crippen molar-refractivity contribution in [1.29, 1.82) is 5.26 Å². The Morgan fingerprint density at radius 1 is 1.11 bits per heavy atom. The number of nitrogens with zero attached hydrogens (tertiary/aromatic N) is 5. The lowest BCUT2D eigenvalue weighted by atomic mass is 10.2. The van der Waals surface area contributed by atoms with Crippen LogP contribution in [0.15, 0.2) is 42.5 Å². The van der Waals surface area contributed by atoms with Gasteiger partial charge in [0.2, 0.25) is 5.82 Å². The number of rotatable bonds is 4. The van der Waals surface area contributed by atoms with Crippen molar-refractivity contribution >= 4 is 11.0 Å². The molecule has 0 amide bonds. The van der Waals surface area contributed by atoms with Gasteiger partial charge >= 0.3 is 0 Å². The maximum atomic E-state index is 14.5. The van der Waals surface area contributed by atoms with Crippen LogP contribution < -0.4 is 0 Å². The van der Waals surface area contributed by atoms with Gasteiger partial charge in [-0.2, -0.15) is 14.0 Å². The van der Waals surface area contributed by atoms with Crippen LogP contribution in [0, 0.1) is 28.9 Å². The van der Waals surface area contributed by atoms with Crippen LogP contribution in [0.25, 0.3) is 16.7 Å². The molecule has 28 heavy (non-hydrogen) atoms. The van der Waals surface area contributed by atoms with E-state index in [-0.39, 0.29) is 17.8 Å². The highest BCUT2D eigenvalue weighted by Gasteiger charge is 2.22. The highest BCUT2D eigenvalue weighted by Crippen LogP contribution is 2.24. The van der Waals surface area contributed by atoms with Gasteiger partial charge in [0.05, 0.1) is 40.5 Å². The minimum atomic E-state index is -1.26. The Labute approximate surface area is 158 Å². The zero-order chi connectivity index (χ0) is 19.8. The second kappa shape index (κ2) is 6.85. The Morgan fingerprint density at radius 3 is 2.64 bits per heavy atom. The summed E-state index contributed by atoms with van der Waals surface area (Å²) in [5, 5.41) is 12.7. The summed E-state index contributed by atoms with van der Waals surface area (Å²) >= 11 is 0. The molecular weight excluding hydrogens is 367 g/mol. The maximum Gasteiger partial charge on any atom is 0.268 e. The van der Waals surface area contributed by atoms with Crippen molar-refractivity contribution in [1.82, 2.24) is 19.3 Å². The molecule has 4 rings (SSSR count). The van der Waals surface area contributed by atoms with Crippen LogP contribution in [0.3, 0.4) is 0 Å². The number of hydrogen-bond donors (Lipinski definition) is 0. The fourth-order valence-electron chi connectivity index (χ4n) is 3.26. The van der Waals surface area contributed by atoms with E-state index in [0.717, 1.165) is 16.3 Å². The van der Waals surface area contributed by atoms with E-state index < -0.39 is 17.6 Å². The van der Waals surface area contributed by atoms with Crippen molar-refractivity contribution in [3.05, 3.63) is 77.1 Å². The molecule has 140 valence electrons. The van der Waals surface area contributed by atoms with Crippen LogP contribution in [0.2, 0.25) is 0 Å². The summed E-state index contributed by atoms with van der Waals surface area (Å²) in [5.41, 5.74) is 1.99. The van der Waals surface area contributed by atoms with Crippen molar-refractivity contribution in [2.45, 2.75) is 19.9 Å². The SMILES string of the molecule is CCn1c(Cc2c(F)c(F)nn2-c2cccc(F)c2)nc2cc(C#N)ccc21. The van der Waals surface area contributed by atoms with Crippen LogP contribution in [-0.4, -0.2) is 19.3 Å². The molecule has 4 aromatic rings. The molecule has 0 aliphatic heterocycles. The monoisotopic (exact) mass is 381 g/mol. The number of fused-ring (bicyclic) bond motifs is 1. The molecule has 0 fully saturated rings. The molecule has 0 spiro atoms. The topological polar surface area (TPSA) is 59.4 Å². The van der Waals surface area contributed by atoms with E-state index in [1.165, 1.54) is 18.2 Å². The quantitative estimate of drug-likeness (QED) is 0.534. The van der Waals surface area contributed by atoms with Gasteiger partial charge in [-0.25, -0.2) is 14.1 Å². The Kier molecular flexibility index (Phi) is 4.35. The standard InChI is InChI=1S/C20H14F3N5/c1-2-27-16-7-6-12(11-24)8-15(16)25-18(27)10-17-19(22)20(23)26-28(17)14-5-3-4-13(21)9-14/h3-9H,2,10H2,1H3. The van der Waals surface area contributed by atoms with Crippen LogP contribution in [-0.2, 0) is 13.0 Å². The first-order chi connectivity index (χ1) is 13.5. The van der Waals surface area contributed by atoms with E-state index >= 15 is 0 Å². The number of halogens is 3. The third-order valence-corrected chi connectivity index (χ3v) is 4.53. The lowest BCUT2D eigenvalue weighted by Gasteiger charge is -2.09. The van der Waals surface area contributed by atoms with Gasteiger partial charge in [-0.05, 0) is 43.3 Å². The van der Waals surface area contributed by atoms with Gasteiger partial charge in [0.15, 0.2) is 0 Å². The molecule has 0 saturated carbocycles. The molecule has 0 aliphatic rings. The Balaban J connectivity index is 1.85. The van der Waals surface area contributed by atoms with E-state index in [9.17, 15) is 13.2 Å². The van der Waals surface area contributed by atoms with Crippen molar-refractivity contribution in [3.63, 3.8) is 0 Å². The van der Waals surface area contributed by atoms with Gasteiger partial charge in [-0.1, -0.05) is 6.07 Å². The van der Waals surface area contributed by atoms with E-state index in [1.54, 1.807) is 18.2 Å². The molecule has 0 saturated heterocycles. The summed E-state index contributed by atoms with van der Waals surface area (Å²) in [6.07, 6.45) is -0.0519. The number of hydrogen-bond acceptors (Lipinski definition) is 3. The summed E-state index contributed by atoms with van der Waals surface area (Å²) in [6.45, 7) is 2.46. The van der Waals surface area contributed by atoms with Crippen LogP contribution >= 0.6 is 0 Å². The molecule has 2 aromatic carbocycles. The average Bonchev–Trinajstić information content (AvgIpc) is 3.19. The highest BCUT2D eigenvalue weighted by molar-refractivity contribution is 5.77. The third-order valence-electron chi connectivity index (χ3n) is 4.53. The Hall–Kier alpha value is -3.60. The van der Waals surface area contributed by atoms with E-state index in [4.69, 9.17) is 5.26 Å². The lowest BCUT2D eigenvalue weighted by Crippen LogP contribution is -2.09. The minimum Gasteiger partial charge on any atom is -0.328 e. The van der Waals surface area contributed by atoms with Crippen molar-refractivity contribution < 1.29 is 13.2 Å². The van der Waals surface area contributed by atoms with E-state index in [0.29, 0.717) is 23.4 Å². The van der Waals surface area contributed by atoms with Gasteiger partial charge in [-0.3, -0.25) is 0 Å². The van der Waals surface area contributed by atoms with Gasteiger partial charge < -0.3 is 4.57 Å². The van der Waals surface area contributed by atoms with Gasteiger partial charge in [0, 0.05) is 6.54 Å². The smallest absolute Gasteiger partial charge is 0.268 e. The first-order valence-corrected chi connectivity index (χ1v) is 8.60. The van der Waals surface area contributed by atoms with Crippen molar-refractivity contribution in [2.24, 2.45) is 0 Å². The number of benzene rings is 2. The normalized spacial score (nSPS) is 11.1. The molecule has 5 nitrogen and oxygen atoms in total. The number of nitriles is 1. The van der Waals surface area contributed by atoms with Crippen LogP contribution in [0.4, 0.5) is 13.2 Å². The molecule has 0 atom stereocenters. The summed E-state index contributed by atoms with van der Waals surface area (Å²) in [4.78, 5) is 4.50. The number of imidazole rings is 1. The summed E-state index contributed by atoms with van der Waals surface area (Å²) in [6, 6.07) is 12.5. The number of aryl methyl sites for hydroxylation is 1. The summed E-state index contributed by atoms with van der Waals surface area (Å²) in [7, 11) is 0. The van der Waals surface area contributed by atoms with Crippen LogP contribution in [0.1, 0.15) is 24.0 Å². The first-order valence-electron chi connectivity index (χ1n) is 8.60. The molecule has 0 aliphatic carbocycles. The summed E-state index contributed by atoms with van der Waals surface area (Å²) < 4.78 is 44.9. The number of aromatic nitrogens is 4. The fourth-order valence-corrected chi connectivity index (χ4v) is 3.26. The highest BCUT2D eigenvalue weighted by atomic mass is 19.2. The molecular formula is C20H14F3N5. The largest absolute Gasteiger partial charge is 0.328 e. The van der Waals surface area contributed by atoms with Crippen molar-refractivity contribution in [3.8, 4) is 11.8 Å². The average molecular weight is 381 g/mol. The van der Waals surface area contributed by atoms with E-state index in [2.05, 4.69) is 16.2 Å².